The van der Waals surface area contributed by atoms with Crippen molar-refractivity contribution in [2.75, 3.05) is 6.61 Å². The molecule has 4 heteroatoms. The van der Waals surface area contributed by atoms with Gasteiger partial charge in [0.25, 0.3) is 0 Å². The zero-order chi connectivity index (χ0) is 10.6. The fraction of sp³-hybridized carbons (Fsp3) is 0.700. The number of nitrogens with zero attached hydrogens (tertiary/aromatic N) is 2. The Morgan fingerprint density at radius 1 is 1.64 bits per heavy atom. The maximum atomic E-state index is 8.74. The summed E-state index contributed by atoms with van der Waals surface area (Å²) >= 11 is 0. The molecule has 2 N–H and O–H groups in total. The summed E-state index contributed by atoms with van der Waals surface area (Å²) in [6.45, 7) is 5.18. The quantitative estimate of drug-likeness (QED) is 0.726. The SMILES string of the molecule is Cc1c(CN[C@H](C)CCO)cnn1C. The van der Waals surface area contributed by atoms with Crippen molar-refractivity contribution in [1.29, 1.82) is 0 Å². The lowest BCUT2D eigenvalue weighted by Crippen LogP contribution is -2.26. The van der Waals surface area contributed by atoms with Gasteiger partial charge in [0.1, 0.15) is 0 Å². The van der Waals surface area contributed by atoms with Crippen molar-refractivity contribution in [3.63, 3.8) is 0 Å². The molecular formula is C10H19N3O. The van der Waals surface area contributed by atoms with Crippen LogP contribution in [0.4, 0.5) is 0 Å². The summed E-state index contributed by atoms with van der Waals surface area (Å²) < 4.78 is 1.87. The molecule has 0 fully saturated rings. The van der Waals surface area contributed by atoms with Crippen molar-refractivity contribution in [1.82, 2.24) is 15.1 Å². The van der Waals surface area contributed by atoms with E-state index >= 15 is 0 Å². The molecule has 0 aliphatic carbocycles. The van der Waals surface area contributed by atoms with Crippen molar-refractivity contribution in [2.45, 2.75) is 32.9 Å². The highest BCUT2D eigenvalue weighted by atomic mass is 16.3. The molecule has 1 aromatic heterocycles. The smallest absolute Gasteiger partial charge is 0.0537 e. The Bertz CT molecular complexity index is 283. The number of aryl methyl sites for hydroxylation is 1. The summed E-state index contributed by atoms with van der Waals surface area (Å²) in [7, 11) is 1.94. The first kappa shape index (κ1) is 11.2. The van der Waals surface area contributed by atoms with Crippen LogP contribution >= 0.6 is 0 Å². The van der Waals surface area contributed by atoms with Crippen molar-refractivity contribution >= 4 is 0 Å². The van der Waals surface area contributed by atoms with Crippen LogP contribution in [0.3, 0.4) is 0 Å². The van der Waals surface area contributed by atoms with E-state index in [4.69, 9.17) is 5.11 Å². The summed E-state index contributed by atoms with van der Waals surface area (Å²) in [6.07, 6.45) is 2.67. The molecule has 1 aromatic rings. The molecule has 14 heavy (non-hydrogen) atoms. The van der Waals surface area contributed by atoms with Crippen molar-refractivity contribution in [2.24, 2.45) is 7.05 Å². The van der Waals surface area contributed by atoms with Crippen LogP contribution in [0.25, 0.3) is 0 Å². The van der Waals surface area contributed by atoms with Gasteiger partial charge in [-0.15, -0.1) is 0 Å². The summed E-state index contributed by atoms with van der Waals surface area (Å²) in [5.41, 5.74) is 2.41. The zero-order valence-corrected chi connectivity index (χ0v) is 9.12. The average molecular weight is 197 g/mol. The molecule has 0 aromatic carbocycles. The van der Waals surface area contributed by atoms with E-state index in [0.29, 0.717) is 6.04 Å². The molecule has 0 saturated heterocycles. The number of rotatable bonds is 5. The predicted octanol–water partition coefficient (Wildman–Crippen LogP) is 0.589. The van der Waals surface area contributed by atoms with Gasteiger partial charge in [-0.3, -0.25) is 4.68 Å². The van der Waals surface area contributed by atoms with E-state index in [0.717, 1.165) is 13.0 Å². The van der Waals surface area contributed by atoms with E-state index in [1.54, 1.807) is 0 Å². The van der Waals surface area contributed by atoms with Gasteiger partial charge < -0.3 is 10.4 Å². The maximum absolute atomic E-state index is 8.74. The molecule has 0 aliphatic rings. The molecule has 80 valence electrons. The van der Waals surface area contributed by atoms with Crippen LogP contribution in [0, 0.1) is 6.92 Å². The molecule has 1 heterocycles. The van der Waals surface area contributed by atoms with Crippen LogP contribution in [-0.4, -0.2) is 27.5 Å². The molecule has 0 saturated carbocycles. The van der Waals surface area contributed by atoms with E-state index in [2.05, 4.69) is 24.3 Å². The fourth-order valence-corrected chi connectivity index (χ4v) is 1.30. The Labute approximate surface area is 84.9 Å². The van der Waals surface area contributed by atoms with Crippen LogP contribution in [0.5, 0.6) is 0 Å². The number of aliphatic hydroxyl groups excluding tert-OH is 1. The largest absolute Gasteiger partial charge is 0.396 e. The van der Waals surface area contributed by atoms with E-state index in [1.807, 2.05) is 17.9 Å². The minimum atomic E-state index is 0.236. The molecule has 0 bridgehead atoms. The third-order valence-electron chi connectivity index (χ3n) is 2.54. The van der Waals surface area contributed by atoms with E-state index < -0.39 is 0 Å². The number of aromatic nitrogens is 2. The zero-order valence-electron chi connectivity index (χ0n) is 9.12. The first-order chi connectivity index (χ1) is 6.65. The Balaban J connectivity index is 2.41. The highest BCUT2D eigenvalue weighted by molar-refractivity contribution is 5.15. The minimum absolute atomic E-state index is 0.236. The highest BCUT2D eigenvalue weighted by Crippen LogP contribution is 2.05. The monoisotopic (exact) mass is 197 g/mol. The Kier molecular flexibility index (Phi) is 4.10. The molecule has 0 aliphatic heterocycles. The van der Waals surface area contributed by atoms with E-state index in [1.165, 1.54) is 11.3 Å². The van der Waals surface area contributed by atoms with Crippen molar-refractivity contribution in [3.8, 4) is 0 Å². The number of nitrogens with one attached hydrogen (secondary N) is 1. The van der Waals surface area contributed by atoms with Crippen LogP contribution in [0.15, 0.2) is 6.20 Å². The van der Waals surface area contributed by atoms with Crippen molar-refractivity contribution in [3.05, 3.63) is 17.5 Å². The molecular weight excluding hydrogens is 178 g/mol. The number of hydrogen-bond donors (Lipinski definition) is 2. The number of hydrogen-bond acceptors (Lipinski definition) is 3. The third-order valence-corrected chi connectivity index (χ3v) is 2.54. The first-order valence-electron chi connectivity index (χ1n) is 4.97. The van der Waals surface area contributed by atoms with Crippen LogP contribution < -0.4 is 5.32 Å². The fourth-order valence-electron chi connectivity index (χ4n) is 1.30. The van der Waals surface area contributed by atoms with Crippen molar-refractivity contribution < 1.29 is 5.11 Å². The Morgan fingerprint density at radius 2 is 2.36 bits per heavy atom. The standard InChI is InChI=1S/C10H19N3O/c1-8(4-5-14)11-6-10-7-12-13(3)9(10)2/h7-8,11,14H,4-6H2,1-3H3/t8-/m1/s1. The van der Waals surface area contributed by atoms with E-state index in [9.17, 15) is 0 Å². The maximum Gasteiger partial charge on any atom is 0.0537 e. The highest BCUT2D eigenvalue weighted by Gasteiger charge is 2.05. The topological polar surface area (TPSA) is 50.1 Å². The summed E-state index contributed by atoms with van der Waals surface area (Å²) in [4.78, 5) is 0. The average Bonchev–Trinajstić information content (AvgIpc) is 2.46. The van der Waals surface area contributed by atoms with Gasteiger partial charge in [-0.2, -0.15) is 5.10 Å². The molecule has 4 nitrogen and oxygen atoms in total. The van der Waals surface area contributed by atoms with Crippen LogP contribution in [0.1, 0.15) is 24.6 Å². The lowest BCUT2D eigenvalue weighted by molar-refractivity contribution is 0.268. The molecule has 0 unspecified atom stereocenters. The lowest BCUT2D eigenvalue weighted by Gasteiger charge is -2.11. The molecule has 0 spiro atoms. The second-order valence-corrected chi connectivity index (χ2v) is 3.67. The predicted molar refractivity (Wildman–Crippen MR) is 55.9 cm³/mol. The summed E-state index contributed by atoms with van der Waals surface area (Å²) in [5.74, 6) is 0. The van der Waals surface area contributed by atoms with Crippen LogP contribution in [0.2, 0.25) is 0 Å². The molecule has 1 rings (SSSR count). The Hall–Kier alpha value is -0.870. The number of aliphatic hydroxyl groups is 1. The van der Waals surface area contributed by atoms with Gasteiger partial charge in [0, 0.05) is 37.5 Å². The Morgan fingerprint density at radius 3 is 2.86 bits per heavy atom. The van der Waals surface area contributed by atoms with Gasteiger partial charge in [0.2, 0.25) is 0 Å². The van der Waals surface area contributed by atoms with Gasteiger partial charge in [0.15, 0.2) is 0 Å². The molecule has 1 atom stereocenters. The third kappa shape index (κ3) is 2.82. The molecule has 0 radical (unpaired) electrons. The van der Waals surface area contributed by atoms with Gasteiger partial charge in [-0.1, -0.05) is 0 Å². The minimum Gasteiger partial charge on any atom is -0.396 e. The second-order valence-electron chi connectivity index (χ2n) is 3.67. The van der Waals surface area contributed by atoms with Gasteiger partial charge in [-0.25, -0.2) is 0 Å². The van der Waals surface area contributed by atoms with Crippen LogP contribution in [-0.2, 0) is 13.6 Å². The van der Waals surface area contributed by atoms with Gasteiger partial charge in [0.05, 0.1) is 6.20 Å². The first-order valence-corrected chi connectivity index (χ1v) is 4.97. The van der Waals surface area contributed by atoms with Gasteiger partial charge >= 0.3 is 0 Å². The molecule has 0 amide bonds. The van der Waals surface area contributed by atoms with E-state index in [-0.39, 0.29) is 6.61 Å². The lowest BCUT2D eigenvalue weighted by atomic mass is 10.2. The summed E-state index contributed by atoms with van der Waals surface area (Å²) in [6, 6.07) is 0.347. The van der Waals surface area contributed by atoms with Gasteiger partial charge in [-0.05, 0) is 20.3 Å². The normalized spacial score (nSPS) is 13.1. The second kappa shape index (κ2) is 5.12. The summed E-state index contributed by atoms with van der Waals surface area (Å²) in [5, 5.41) is 16.2.